The highest BCUT2D eigenvalue weighted by Crippen LogP contribution is 2.28. The second-order valence-corrected chi connectivity index (χ2v) is 6.76. The van der Waals surface area contributed by atoms with Crippen LogP contribution in [0.1, 0.15) is 35.3 Å². The lowest BCUT2D eigenvalue weighted by atomic mass is 10.1. The van der Waals surface area contributed by atoms with Crippen molar-refractivity contribution in [1.29, 1.82) is 0 Å². The van der Waals surface area contributed by atoms with E-state index in [1.54, 1.807) is 42.5 Å². The molecule has 0 aliphatic heterocycles. The number of rotatable bonds is 9. The van der Waals surface area contributed by atoms with Crippen LogP contribution in [0.5, 0.6) is 23.0 Å². The van der Waals surface area contributed by atoms with Crippen molar-refractivity contribution >= 4 is 11.7 Å². The van der Waals surface area contributed by atoms with Gasteiger partial charge in [-0.3, -0.25) is 0 Å². The van der Waals surface area contributed by atoms with Crippen molar-refractivity contribution in [1.82, 2.24) is 0 Å². The molecule has 0 radical (unpaired) electrons. The first-order chi connectivity index (χ1) is 15.0. The SMILES string of the molecule is C=C(Oc1ccc(OC(=O)c2ccc(OCC)cc2)cc1C)c1ccc(OCC)cc1. The maximum Gasteiger partial charge on any atom is 0.343 e. The third kappa shape index (κ3) is 5.89. The molecule has 0 aromatic heterocycles. The van der Waals surface area contributed by atoms with Crippen LogP contribution in [0.3, 0.4) is 0 Å². The van der Waals surface area contributed by atoms with Gasteiger partial charge in [-0.1, -0.05) is 6.58 Å². The van der Waals surface area contributed by atoms with Crippen LogP contribution in [-0.4, -0.2) is 19.2 Å². The van der Waals surface area contributed by atoms with Gasteiger partial charge in [0.1, 0.15) is 28.8 Å². The number of esters is 1. The molecule has 3 aromatic rings. The summed E-state index contributed by atoms with van der Waals surface area (Å²) in [5.74, 6) is 2.67. The van der Waals surface area contributed by atoms with Gasteiger partial charge in [0.25, 0.3) is 0 Å². The number of benzene rings is 3. The fraction of sp³-hybridized carbons (Fsp3) is 0.192. The molecule has 5 nitrogen and oxygen atoms in total. The lowest BCUT2D eigenvalue weighted by Gasteiger charge is -2.13. The molecule has 0 heterocycles. The second-order valence-electron chi connectivity index (χ2n) is 6.76. The van der Waals surface area contributed by atoms with Gasteiger partial charge in [0.15, 0.2) is 0 Å². The summed E-state index contributed by atoms with van der Waals surface area (Å²) in [4.78, 5) is 12.4. The minimum Gasteiger partial charge on any atom is -0.494 e. The molecule has 0 fully saturated rings. The summed E-state index contributed by atoms with van der Waals surface area (Å²) in [6.07, 6.45) is 0. The Morgan fingerprint density at radius 2 is 1.26 bits per heavy atom. The van der Waals surface area contributed by atoms with Gasteiger partial charge in [-0.2, -0.15) is 0 Å². The van der Waals surface area contributed by atoms with Crippen LogP contribution in [-0.2, 0) is 0 Å². The molecule has 0 bridgehead atoms. The minimum absolute atomic E-state index is 0.435. The molecule has 160 valence electrons. The van der Waals surface area contributed by atoms with Crippen molar-refractivity contribution in [3.63, 3.8) is 0 Å². The van der Waals surface area contributed by atoms with Crippen molar-refractivity contribution < 1.29 is 23.7 Å². The molecule has 0 aliphatic rings. The van der Waals surface area contributed by atoms with Gasteiger partial charge in [0.2, 0.25) is 0 Å². The highest BCUT2D eigenvalue weighted by molar-refractivity contribution is 5.91. The van der Waals surface area contributed by atoms with E-state index in [1.165, 1.54) is 0 Å². The summed E-state index contributed by atoms with van der Waals surface area (Å²) in [6.45, 7) is 10.9. The summed E-state index contributed by atoms with van der Waals surface area (Å²) < 4.78 is 22.3. The van der Waals surface area contributed by atoms with Crippen molar-refractivity contribution in [3.8, 4) is 23.0 Å². The number of aryl methyl sites for hydroxylation is 1. The molecule has 0 aliphatic carbocycles. The van der Waals surface area contributed by atoms with Crippen LogP contribution in [0.15, 0.2) is 73.3 Å². The molecule has 0 spiro atoms. The summed E-state index contributed by atoms with van der Waals surface area (Å²) in [5.41, 5.74) is 2.13. The number of hydrogen-bond donors (Lipinski definition) is 0. The first-order valence-electron chi connectivity index (χ1n) is 10.2. The smallest absolute Gasteiger partial charge is 0.343 e. The summed E-state index contributed by atoms with van der Waals surface area (Å²) >= 11 is 0. The van der Waals surface area contributed by atoms with E-state index in [-0.39, 0.29) is 0 Å². The molecular formula is C26H26O5. The molecule has 0 amide bonds. The van der Waals surface area contributed by atoms with E-state index in [0.717, 1.165) is 16.9 Å². The standard InChI is InChI=1S/C26H26O5/c1-5-28-22-11-7-20(8-12-22)19(4)30-25-16-15-24(17-18(25)3)31-26(27)21-9-13-23(14-10-21)29-6-2/h7-17H,4-6H2,1-3H3. The van der Waals surface area contributed by atoms with E-state index in [4.69, 9.17) is 18.9 Å². The van der Waals surface area contributed by atoms with Crippen molar-refractivity contribution in [2.75, 3.05) is 13.2 Å². The van der Waals surface area contributed by atoms with Gasteiger partial charge in [-0.25, -0.2) is 4.79 Å². The molecule has 0 saturated carbocycles. The van der Waals surface area contributed by atoms with E-state index < -0.39 is 5.97 Å². The maximum atomic E-state index is 12.4. The highest BCUT2D eigenvalue weighted by Gasteiger charge is 2.11. The van der Waals surface area contributed by atoms with Crippen LogP contribution in [0.25, 0.3) is 5.76 Å². The quantitative estimate of drug-likeness (QED) is 0.240. The van der Waals surface area contributed by atoms with Crippen LogP contribution in [0.2, 0.25) is 0 Å². The van der Waals surface area contributed by atoms with Crippen molar-refractivity contribution in [3.05, 3.63) is 90.0 Å². The largest absolute Gasteiger partial charge is 0.494 e. The van der Waals surface area contributed by atoms with Crippen molar-refractivity contribution in [2.45, 2.75) is 20.8 Å². The Bertz CT molecular complexity index is 1040. The molecular weight excluding hydrogens is 392 g/mol. The Kier molecular flexibility index (Phi) is 7.33. The molecule has 31 heavy (non-hydrogen) atoms. The Balaban J connectivity index is 1.63. The number of ether oxygens (including phenoxy) is 4. The monoisotopic (exact) mass is 418 g/mol. The van der Waals surface area contributed by atoms with Crippen LogP contribution >= 0.6 is 0 Å². The maximum absolute atomic E-state index is 12.4. The molecule has 3 aromatic carbocycles. The third-order valence-electron chi connectivity index (χ3n) is 4.48. The van der Waals surface area contributed by atoms with E-state index >= 15 is 0 Å². The molecule has 0 atom stereocenters. The molecule has 0 N–H and O–H groups in total. The topological polar surface area (TPSA) is 54.0 Å². The Morgan fingerprint density at radius 3 is 1.77 bits per heavy atom. The lowest BCUT2D eigenvalue weighted by molar-refractivity contribution is 0.0734. The van der Waals surface area contributed by atoms with Gasteiger partial charge in [-0.15, -0.1) is 0 Å². The van der Waals surface area contributed by atoms with E-state index in [9.17, 15) is 4.79 Å². The average molecular weight is 418 g/mol. The zero-order valence-electron chi connectivity index (χ0n) is 18.0. The van der Waals surface area contributed by atoms with Crippen LogP contribution < -0.4 is 18.9 Å². The van der Waals surface area contributed by atoms with Gasteiger partial charge >= 0.3 is 5.97 Å². The summed E-state index contributed by atoms with van der Waals surface area (Å²) in [6, 6.07) is 19.6. The zero-order valence-corrected chi connectivity index (χ0v) is 18.0. The minimum atomic E-state index is -0.435. The predicted octanol–water partition coefficient (Wildman–Crippen LogP) is 6.06. The number of carbonyl (C=O) groups is 1. The third-order valence-corrected chi connectivity index (χ3v) is 4.48. The van der Waals surface area contributed by atoms with Gasteiger partial charge in [-0.05, 0) is 93.1 Å². The fourth-order valence-corrected chi connectivity index (χ4v) is 2.92. The highest BCUT2D eigenvalue weighted by atomic mass is 16.5. The Labute approximate surface area is 182 Å². The Hall–Kier alpha value is -3.73. The number of carbonyl (C=O) groups excluding carboxylic acids is 1. The second kappa shape index (κ2) is 10.3. The molecule has 3 rings (SSSR count). The fourth-order valence-electron chi connectivity index (χ4n) is 2.92. The first kappa shape index (κ1) is 22.0. The summed E-state index contributed by atoms with van der Waals surface area (Å²) in [5, 5.41) is 0. The molecule has 0 unspecified atom stereocenters. The van der Waals surface area contributed by atoms with Crippen LogP contribution in [0.4, 0.5) is 0 Å². The van der Waals surface area contributed by atoms with Gasteiger partial charge < -0.3 is 18.9 Å². The first-order valence-corrected chi connectivity index (χ1v) is 10.2. The average Bonchev–Trinajstić information content (AvgIpc) is 2.77. The lowest BCUT2D eigenvalue weighted by Crippen LogP contribution is -2.08. The molecule has 5 heteroatoms. The van der Waals surface area contributed by atoms with Crippen LogP contribution in [0, 0.1) is 6.92 Å². The van der Waals surface area contributed by atoms with E-state index in [0.29, 0.717) is 41.8 Å². The van der Waals surface area contributed by atoms with E-state index in [1.807, 2.05) is 45.0 Å². The van der Waals surface area contributed by atoms with E-state index in [2.05, 4.69) is 6.58 Å². The number of hydrogen-bond acceptors (Lipinski definition) is 5. The zero-order chi connectivity index (χ0) is 22.2. The Morgan fingerprint density at radius 1 is 0.742 bits per heavy atom. The normalized spacial score (nSPS) is 10.3. The van der Waals surface area contributed by atoms with Crippen molar-refractivity contribution in [2.24, 2.45) is 0 Å². The summed E-state index contributed by atoms with van der Waals surface area (Å²) in [7, 11) is 0. The molecule has 0 saturated heterocycles. The van der Waals surface area contributed by atoms with Gasteiger partial charge in [0.05, 0.1) is 18.8 Å². The van der Waals surface area contributed by atoms with Gasteiger partial charge in [0, 0.05) is 5.56 Å². The predicted molar refractivity (Wildman–Crippen MR) is 121 cm³/mol.